The van der Waals surface area contributed by atoms with Crippen LogP contribution >= 0.6 is 0 Å². The Morgan fingerprint density at radius 2 is 1.96 bits per heavy atom. The molecule has 0 radical (unpaired) electrons. The largest absolute Gasteiger partial charge is 0.436 e. The molecule has 1 heterocycles. The zero-order valence-electron chi connectivity index (χ0n) is 16.6. The van der Waals surface area contributed by atoms with Crippen LogP contribution in [0.4, 0.5) is 5.69 Å². The minimum absolute atomic E-state index is 0.221. The molecule has 0 aliphatic heterocycles. The van der Waals surface area contributed by atoms with Gasteiger partial charge in [0, 0.05) is 23.4 Å². The number of aliphatic hydroxyl groups is 1. The van der Waals surface area contributed by atoms with Gasteiger partial charge >= 0.3 is 0 Å². The lowest BCUT2D eigenvalue weighted by molar-refractivity contribution is 0.0791. The summed E-state index contributed by atoms with van der Waals surface area (Å²) in [5.41, 5.74) is 2.69. The molecule has 0 aliphatic carbocycles. The highest BCUT2D eigenvalue weighted by Gasteiger charge is 2.24. The molecule has 28 heavy (non-hydrogen) atoms. The molecule has 0 spiro atoms. The van der Waals surface area contributed by atoms with Crippen molar-refractivity contribution in [3.63, 3.8) is 0 Å². The fraction of sp³-hybridized carbons (Fsp3) is 0.364. The van der Waals surface area contributed by atoms with Crippen molar-refractivity contribution in [2.75, 3.05) is 18.5 Å². The second-order valence-electron chi connectivity index (χ2n) is 7.49. The first-order chi connectivity index (χ1) is 13.3. The fourth-order valence-electron chi connectivity index (χ4n) is 2.90. The normalized spacial score (nSPS) is 11.8. The lowest BCUT2D eigenvalue weighted by Crippen LogP contribution is -2.16. The first-order valence-corrected chi connectivity index (χ1v) is 9.31. The first-order valence-electron chi connectivity index (χ1n) is 9.31. The fourth-order valence-corrected chi connectivity index (χ4v) is 2.90. The van der Waals surface area contributed by atoms with Gasteiger partial charge in [-0.15, -0.1) is 0 Å². The molecular formula is C22H25N3O3. The van der Waals surface area contributed by atoms with Gasteiger partial charge in [0.15, 0.2) is 5.58 Å². The van der Waals surface area contributed by atoms with E-state index in [1.807, 2.05) is 38.1 Å². The minimum Gasteiger partial charge on any atom is -0.436 e. The van der Waals surface area contributed by atoms with Gasteiger partial charge in [0.1, 0.15) is 5.52 Å². The predicted molar refractivity (Wildman–Crippen MR) is 109 cm³/mol. The van der Waals surface area contributed by atoms with Crippen LogP contribution in [0.3, 0.4) is 0 Å². The van der Waals surface area contributed by atoms with E-state index in [-0.39, 0.29) is 6.10 Å². The van der Waals surface area contributed by atoms with Gasteiger partial charge in [0.25, 0.3) is 0 Å². The number of rotatable bonds is 7. The van der Waals surface area contributed by atoms with Crippen LogP contribution in [0, 0.1) is 11.3 Å². The summed E-state index contributed by atoms with van der Waals surface area (Å²) in [6, 6.07) is 13.2. The zero-order valence-corrected chi connectivity index (χ0v) is 16.6. The van der Waals surface area contributed by atoms with Crippen LogP contribution in [0.5, 0.6) is 0 Å². The van der Waals surface area contributed by atoms with Crippen LogP contribution in [0.25, 0.3) is 22.6 Å². The summed E-state index contributed by atoms with van der Waals surface area (Å²) in [5.74, 6) is 0.449. The highest BCUT2D eigenvalue weighted by atomic mass is 16.5. The van der Waals surface area contributed by atoms with Crippen molar-refractivity contribution in [3.8, 4) is 17.5 Å². The van der Waals surface area contributed by atoms with Gasteiger partial charge in [-0.05, 0) is 64.1 Å². The Labute approximate surface area is 164 Å². The Morgan fingerprint density at radius 1 is 1.25 bits per heavy atom. The molecule has 0 fully saturated rings. The smallest absolute Gasteiger partial charge is 0.227 e. The predicted octanol–water partition coefficient (Wildman–Crippen LogP) is 4.43. The molecule has 0 unspecified atom stereocenters. The number of benzene rings is 2. The summed E-state index contributed by atoms with van der Waals surface area (Å²) >= 11 is 0. The second-order valence-corrected chi connectivity index (χ2v) is 7.49. The van der Waals surface area contributed by atoms with Crippen LogP contribution in [0.1, 0.15) is 38.8 Å². The third-order valence-electron chi connectivity index (χ3n) is 4.29. The van der Waals surface area contributed by atoms with E-state index in [0.717, 1.165) is 17.8 Å². The van der Waals surface area contributed by atoms with E-state index in [1.165, 1.54) is 0 Å². The van der Waals surface area contributed by atoms with Crippen molar-refractivity contribution in [2.24, 2.45) is 0 Å². The Kier molecular flexibility index (Phi) is 5.68. The van der Waals surface area contributed by atoms with Crippen molar-refractivity contribution in [1.82, 2.24) is 4.98 Å². The molecule has 2 aromatic carbocycles. The lowest BCUT2D eigenvalue weighted by atomic mass is 9.95. The van der Waals surface area contributed by atoms with E-state index in [1.54, 1.807) is 26.0 Å². The molecule has 6 nitrogen and oxygen atoms in total. The van der Waals surface area contributed by atoms with Crippen LogP contribution in [0.15, 0.2) is 40.8 Å². The zero-order chi connectivity index (χ0) is 20.3. The molecule has 2 N–H and O–H groups in total. The number of nitrogens with one attached hydrogen (secondary N) is 1. The Bertz CT molecular complexity index is 993. The Hall–Kier alpha value is -2.88. The first kappa shape index (κ1) is 19.9. The molecule has 146 valence electrons. The molecule has 0 aliphatic rings. The van der Waals surface area contributed by atoms with Crippen molar-refractivity contribution < 1.29 is 14.3 Å². The maximum Gasteiger partial charge on any atom is 0.227 e. The standard InChI is InChI=1S/C22H25N3O3/c1-14(2)27-10-9-24-17-7-5-16(6-8-17)21-25-19-12-15(13-23)11-18(20(19)28-21)22(3,4)26/h5-8,11-12,14,24,26H,9-10H2,1-4H3. The van der Waals surface area contributed by atoms with Gasteiger partial charge < -0.3 is 19.6 Å². The highest BCUT2D eigenvalue weighted by Crippen LogP contribution is 2.33. The third-order valence-corrected chi connectivity index (χ3v) is 4.29. The number of nitriles is 1. The van der Waals surface area contributed by atoms with Crippen LogP contribution in [-0.2, 0) is 10.3 Å². The number of anilines is 1. The van der Waals surface area contributed by atoms with E-state index in [9.17, 15) is 10.4 Å². The number of nitrogens with zero attached hydrogens (tertiary/aromatic N) is 2. The summed E-state index contributed by atoms with van der Waals surface area (Å²) in [6.45, 7) is 8.72. The van der Waals surface area contributed by atoms with Gasteiger partial charge in [-0.25, -0.2) is 4.98 Å². The van der Waals surface area contributed by atoms with Gasteiger partial charge in [-0.1, -0.05) is 0 Å². The SMILES string of the molecule is CC(C)OCCNc1ccc(-c2nc3cc(C#N)cc(C(C)(C)O)c3o2)cc1. The summed E-state index contributed by atoms with van der Waals surface area (Å²) in [6.07, 6.45) is 0.221. The van der Waals surface area contributed by atoms with Crippen LogP contribution < -0.4 is 5.32 Å². The average Bonchev–Trinajstić information content (AvgIpc) is 3.07. The van der Waals surface area contributed by atoms with Crippen LogP contribution in [0.2, 0.25) is 0 Å². The number of aromatic nitrogens is 1. The molecule has 0 saturated heterocycles. The topological polar surface area (TPSA) is 91.3 Å². The maximum absolute atomic E-state index is 10.4. The maximum atomic E-state index is 10.4. The molecule has 0 bridgehead atoms. The highest BCUT2D eigenvalue weighted by molar-refractivity contribution is 5.82. The van der Waals surface area contributed by atoms with E-state index in [4.69, 9.17) is 9.15 Å². The summed E-state index contributed by atoms with van der Waals surface area (Å²) < 4.78 is 11.5. The van der Waals surface area contributed by atoms with Gasteiger partial charge in [-0.2, -0.15) is 5.26 Å². The third kappa shape index (κ3) is 4.50. The monoisotopic (exact) mass is 379 g/mol. The van der Waals surface area contributed by atoms with Gasteiger partial charge in [0.2, 0.25) is 5.89 Å². The lowest BCUT2D eigenvalue weighted by Gasteiger charge is -2.17. The van der Waals surface area contributed by atoms with Crippen molar-refractivity contribution in [2.45, 2.75) is 39.4 Å². The number of ether oxygens (including phenoxy) is 1. The van der Waals surface area contributed by atoms with E-state index in [2.05, 4.69) is 16.4 Å². The van der Waals surface area contributed by atoms with Gasteiger partial charge in [0.05, 0.1) is 29.9 Å². The van der Waals surface area contributed by atoms with Crippen molar-refractivity contribution in [3.05, 3.63) is 47.5 Å². The van der Waals surface area contributed by atoms with E-state index >= 15 is 0 Å². The average molecular weight is 379 g/mol. The van der Waals surface area contributed by atoms with Gasteiger partial charge in [-0.3, -0.25) is 0 Å². The molecule has 1 aromatic heterocycles. The number of hydrogen-bond donors (Lipinski definition) is 2. The Morgan fingerprint density at radius 3 is 2.57 bits per heavy atom. The van der Waals surface area contributed by atoms with Crippen molar-refractivity contribution >= 4 is 16.8 Å². The molecule has 0 saturated carbocycles. The molecule has 0 atom stereocenters. The number of oxazole rings is 1. The quantitative estimate of drug-likeness (QED) is 0.590. The summed E-state index contributed by atoms with van der Waals surface area (Å²) in [7, 11) is 0. The summed E-state index contributed by atoms with van der Waals surface area (Å²) in [4.78, 5) is 4.52. The molecule has 0 amide bonds. The minimum atomic E-state index is -1.15. The van der Waals surface area contributed by atoms with E-state index in [0.29, 0.717) is 34.7 Å². The number of hydrogen-bond acceptors (Lipinski definition) is 6. The van der Waals surface area contributed by atoms with Crippen molar-refractivity contribution in [1.29, 1.82) is 5.26 Å². The molecule has 3 aromatic rings. The molecule has 3 rings (SSSR count). The molecular weight excluding hydrogens is 354 g/mol. The Balaban J connectivity index is 1.85. The second kappa shape index (κ2) is 8.01. The van der Waals surface area contributed by atoms with E-state index < -0.39 is 5.60 Å². The summed E-state index contributed by atoms with van der Waals surface area (Å²) in [5, 5.41) is 23.0. The molecule has 6 heteroatoms. The number of fused-ring (bicyclic) bond motifs is 1. The van der Waals surface area contributed by atoms with Crippen LogP contribution in [-0.4, -0.2) is 29.3 Å².